The van der Waals surface area contributed by atoms with Crippen LogP contribution < -0.4 is 15.8 Å². The minimum atomic E-state index is -3.88. The van der Waals surface area contributed by atoms with Crippen molar-refractivity contribution in [2.45, 2.75) is 4.90 Å². The van der Waals surface area contributed by atoms with Crippen molar-refractivity contribution in [3.05, 3.63) is 36.3 Å². The van der Waals surface area contributed by atoms with Gasteiger partial charge in [0.2, 0.25) is 16.0 Å². The first-order chi connectivity index (χ1) is 13.8. The van der Waals surface area contributed by atoms with E-state index in [1.165, 1.54) is 34.3 Å². The van der Waals surface area contributed by atoms with Crippen molar-refractivity contribution < 1.29 is 21.9 Å². The maximum atomic E-state index is 14.3. The Kier molecular flexibility index (Phi) is 4.84. The second kappa shape index (κ2) is 7.21. The summed E-state index contributed by atoms with van der Waals surface area (Å²) in [4.78, 5) is 7.40. The Labute approximate surface area is 165 Å². The van der Waals surface area contributed by atoms with E-state index in [0.29, 0.717) is 31.8 Å². The molecule has 0 amide bonds. The lowest BCUT2D eigenvalue weighted by Crippen LogP contribution is -2.46. The molecule has 1 saturated heterocycles. The van der Waals surface area contributed by atoms with Crippen LogP contribution in [0.4, 0.5) is 14.6 Å². The minimum absolute atomic E-state index is 0.0991. The van der Waals surface area contributed by atoms with Gasteiger partial charge in [0.05, 0.1) is 24.6 Å². The molecule has 0 atom stereocenters. The van der Waals surface area contributed by atoms with Gasteiger partial charge in [0.1, 0.15) is 16.3 Å². The highest BCUT2D eigenvalue weighted by Gasteiger charge is 2.30. The monoisotopic (exact) mass is 424 g/mol. The minimum Gasteiger partial charge on any atom is -0.495 e. The van der Waals surface area contributed by atoms with E-state index >= 15 is 0 Å². The molecule has 9 nitrogen and oxygen atoms in total. The first-order valence-electron chi connectivity index (χ1n) is 8.71. The number of hydrogen-bond acceptors (Lipinski definition) is 7. The summed E-state index contributed by atoms with van der Waals surface area (Å²) in [5, 5.41) is 3.09. The predicted molar refractivity (Wildman–Crippen MR) is 101 cm³/mol. The van der Waals surface area contributed by atoms with Gasteiger partial charge in [-0.3, -0.25) is 4.40 Å². The summed E-state index contributed by atoms with van der Waals surface area (Å²) in [6, 6.07) is 2.33. The van der Waals surface area contributed by atoms with Crippen molar-refractivity contribution in [2.24, 2.45) is 0 Å². The Hall–Kier alpha value is -2.83. The van der Waals surface area contributed by atoms with Crippen molar-refractivity contribution >= 4 is 21.5 Å². The van der Waals surface area contributed by atoms with Crippen LogP contribution in [-0.4, -0.2) is 60.4 Å². The average Bonchev–Trinajstić information content (AvgIpc) is 3.13. The van der Waals surface area contributed by atoms with E-state index in [1.54, 1.807) is 0 Å². The smallest absolute Gasteiger partial charge is 0.248 e. The zero-order valence-corrected chi connectivity index (χ0v) is 16.2. The molecule has 0 radical (unpaired) electrons. The number of nitrogen functional groups attached to an aromatic ring is 1. The Morgan fingerprint density at radius 2 is 1.97 bits per heavy atom. The molecular weight excluding hydrogens is 406 g/mol. The van der Waals surface area contributed by atoms with E-state index in [1.807, 2.05) is 0 Å². The fourth-order valence-corrected chi connectivity index (χ4v) is 4.80. The fourth-order valence-electron chi connectivity index (χ4n) is 3.22. The lowest BCUT2D eigenvalue weighted by molar-refractivity contribution is 0.354. The molecule has 0 bridgehead atoms. The maximum Gasteiger partial charge on any atom is 0.248 e. The number of methoxy groups -OCH3 is 1. The Morgan fingerprint density at radius 3 is 2.66 bits per heavy atom. The fraction of sp³-hybridized carbons (Fsp3) is 0.294. The van der Waals surface area contributed by atoms with Crippen LogP contribution in [0, 0.1) is 11.8 Å². The largest absolute Gasteiger partial charge is 0.495 e. The molecule has 1 aliphatic rings. The number of nitrogens with zero attached hydrogens (tertiary/aromatic N) is 4. The molecule has 0 unspecified atom stereocenters. The molecule has 0 spiro atoms. The summed E-state index contributed by atoms with van der Waals surface area (Å²) in [5.41, 5.74) is 5.53. The zero-order valence-electron chi connectivity index (χ0n) is 15.4. The molecular formula is C17H18F2N6O3S. The number of pyridine rings is 2. The standard InChI is InChI=1S/C17H18F2N6O3S/c1-28-13-7-15-22-8-12(10-6-11(18)17(20)23-16(10)19)25(15)9-14(13)29(26,27)24-4-2-21-3-5-24/h6-9,21H,2-5H2,1H3,(H2,20,23). The first-order valence-corrected chi connectivity index (χ1v) is 10.1. The Balaban J connectivity index is 1.91. The van der Waals surface area contributed by atoms with Crippen LogP contribution in [0.2, 0.25) is 0 Å². The lowest BCUT2D eigenvalue weighted by Gasteiger charge is -2.27. The van der Waals surface area contributed by atoms with Crippen molar-refractivity contribution in [1.82, 2.24) is 24.0 Å². The molecule has 3 aromatic rings. The number of ether oxygens (including phenoxy) is 1. The molecule has 1 fully saturated rings. The van der Waals surface area contributed by atoms with Gasteiger partial charge in [-0.25, -0.2) is 17.8 Å². The van der Waals surface area contributed by atoms with E-state index in [9.17, 15) is 17.2 Å². The Morgan fingerprint density at radius 1 is 1.24 bits per heavy atom. The number of nitrogens with two attached hydrogens (primary N) is 1. The number of hydrogen-bond donors (Lipinski definition) is 2. The number of sulfonamides is 1. The summed E-state index contributed by atoms with van der Waals surface area (Å²) in [6.07, 6.45) is 2.59. The molecule has 4 rings (SSSR count). The van der Waals surface area contributed by atoms with Crippen molar-refractivity contribution in [1.29, 1.82) is 0 Å². The van der Waals surface area contributed by atoms with Crippen LogP contribution in [0.25, 0.3) is 16.9 Å². The third kappa shape index (κ3) is 3.28. The van der Waals surface area contributed by atoms with E-state index in [2.05, 4.69) is 15.3 Å². The molecule has 4 heterocycles. The highest BCUT2D eigenvalue weighted by atomic mass is 32.2. The summed E-state index contributed by atoms with van der Waals surface area (Å²) in [7, 11) is -2.53. The number of anilines is 1. The predicted octanol–water partition coefficient (Wildman–Crippen LogP) is 0.859. The first kappa shape index (κ1) is 19.5. The number of nitrogens with one attached hydrogen (secondary N) is 1. The van der Waals surface area contributed by atoms with E-state index in [4.69, 9.17) is 10.5 Å². The number of fused-ring (bicyclic) bond motifs is 1. The van der Waals surface area contributed by atoms with E-state index < -0.39 is 27.6 Å². The summed E-state index contributed by atoms with van der Waals surface area (Å²) in [5.74, 6) is -2.34. The van der Waals surface area contributed by atoms with Gasteiger partial charge in [-0.15, -0.1) is 0 Å². The van der Waals surface area contributed by atoms with Gasteiger partial charge in [-0.2, -0.15) is 13.7 Å². The van der Waals surface area contributed by atoms with Crippen LogP contribution in [0.3, 0.4) is 0 Å². The number of rotatable bonds is 4. The molecule has 154 valence electrons. The van der Waals surface area contributed by atoms with Crippen LogP contribution in [0.5, 0.6) is 5.75 Å². The van der Waals surface area contributed by atoms with Crippen LogP contribution >= 0.6 is 0 Å². The quantitative estimate of drug-likeness (QED) is 0.597. The third-order valence-corrected chi connectivity index (χ3v) is 6.63. The van der Waals surface area contributed by atoms with Gasteiger partial charge in [0.25, 0.3) is 0 Å². The van der Waals surface area contributed by atoms with E-state index in [0.717, 1.165) is 6.07 Å². The number of aromatic nitrogens is 3. The SMILES string of the molecule is COc1cc2ncc(-c3cc(F)c(N)nc3F)n2cc1S(=O)(=O)N1CCNCC1. The molecule has 0 saturated carbocycles. The normalized spacial score (nSPS) is 15.7. The molecule has 3 N–H and O–H groups in total. The van der Waals surface area contributed by atoms with Crippen molar-refractivity contribution in [3.8, 4) is 17.0 Å². The second-order valence-electron chi connectivity index (χ2n) is 6.43. The molecule has 3 aromatic heterocycles. The van der Waals surface area contributed by atoms with Crippen molar-refractivity contribution in [2.75, 3.05) is 39.0 Å². The average molecular weight is 424 g/mol. The van der Waals surface area contributed by atoms with Crippen LogP contribution in [0.15, 0.2) is 29.4 Å². The van der Waals surface area contributed by atoms with Crippen LogP contribution in [-0.2, 0) is 10.0 Å². The lowest BCUT2D eigenvalue weighted by atomic mass is 10.2. The molecule has 0 aromatic carbocycles. The summed E-state index contributed by atoms with van der Waals surface area (Å²) >= 11 is 0. The Bertz CT molecular complexity index is 1190. The number of halogens is 2. The van der Waals surface area contributed by atoms with Gasteiger partial charge in [-0.1, -0.05) is 0 Å². The maximum absolute atomic E-state index is 14.3. The van der Waals surface area contributed by atoms with Gasteiger partial charge >= 0.3 is 0 Å². The third-order valence-electron chi connectivity index (χ3n) is 4.72. The molecule has 12 heteroatoms. The number of piperazine rings is 1. The van der Waals surface area contributed by atoms with Gasteiger partial charge in [0.15, 0.2) is 11.6 Å². The molecule has 1 aliphatic heterocycles. The summed E-state index contributed by atoms with van der Waals surface area (Å²) in [6.45, 7) is 1.67. The molecule has 0 aliphatic carbocycles. The van der Waals surface area contributed by atoms with Crippen molar-refractivity contribution in [3.63, 3.8) is 0 Å². The van der Waals surface area contributed by atoms with Gasteiger partial charge in [0, 0.05) is 38.4 Å². The highest BCUT2D eigenvalue weighted by molar-refractivity contribution is 7.89. The van der Waals surface area contributed by atoms with Gasteiger partial charge in [-0.05, 0) is 6.07 Å². The summed E-state index contributed by atoms with van der Waals surface area (Å²) < 4.78 is 62.5. The van der Waals surface area contributed by atoms with Gasteiger partial charge < -0.3 is 15.8 Å². The van der Waals surface area contributed by atoms with E-state index in [-0.39, 0.29) is 21.9 Å². The molecule has 29 heavy (non-hydrogen) atoms. The highest BCUT2D eigenvalue weighted by Crippen LogP contribution is 2.32. The number of imidazole rings is 1. The topological polar surface area (TPSA) is 115 Å². The zero-order chi connectivity index (χ0) is 20.8. The van der Waals surface area contributed by atoms with Crippen LogP contribution in [0.1, 0.15) is 0 Å². The second-order valence-corrected chi connectivity index (χ2v) is 8.33.